The maximum Gasteiger partial charge on any atom is 0.358 e. The summed E-state index contributed by atoms with van der Waals surface area (Å²) in [4.78, 5) is 13.1. The van der Waals surface area contributed by atoms with Gasteiger partial charge in [-0.1, -0.05) is 23.4 Å². The highest BCUT2D eigenvalue weighted by Gasteiger charge is 2.18. The molecule has 0 saturated heterocycles. The van der Waals surface area contributed by atoms with Gasteiger partial charge >= 0.3 is 5.97 Å². The van der Waals surface area contributed by atoms with E-state index in [4.69, 9.17) is 9.63 Å². The number of hydrogen-bond acceptors (Lipinski definition) is 4. The smallest absolute Gasteiger partial charge is 0.358 e. The predicted octanol–water partition coefficient (Wildman–Crippen LogP) is 2.72. The van der Waals surface area contributed by atoms with Gasteiger partial charge in [0, 0.05) is 18.3 Å². The lowest BCUT2D eigenvalue weighted by Gasteiger charge is -2.23. The molecule has 5 heteroatoms. The van der Waals surface area contributed by atoms with Gasteiger partial charge in [-0.05, 0) is 30.9 Å². The maximum absolute atomic E-state index is 10.8. The number of aromatic nitrogens is 1. The van der Waals surface area contributed by atoms with E-state index in [-0.39, 0.29) is 5.69 Å². The van der Waals surface area contributed by atoms with Gasteiger partial charge in [0.1, 0.15) is 0 Å². The van der Waals surface area contributed by atoms with Crippen molar-refractivity contribution in [2.75, 3.05) is 11.4 Å². The predicted molar refractivity (Wildman–Crippen MR) is 73.9 cm³/mol. The van der Waals surface area contributed by atoms with Crippen LogP contribution in [0.5, 0.6) is 0 Å². The van der Waals surface area contributed by atoms with Crippen molar-refractivity contribution in [3.8, 4) is 0 Å². The minimum atomic E-state index is -1.06. The number of hydrogen-bond donors (Lipinski definition) is 1. The van der Waals surface area contributed by atoms with Gasteiger partial charge in [-0.25, -0.2) is 4.79 Å². The molecule has 0 spiro atoms. The van der Waals surface area contributed by atoms with Crippen LogP contribution >= 0.6 is 0 Å². The van der Waals surface area contributed by atoms with Gasteiger partial charge in [0.2, 0.25) is 0 Å². The number of carboxylic acids is 1. The third-order valence-electron chi connectivity index (χ3n) is 3.58. The highest BCUT2D eigenvalue weighted by atomic mass is 16.5. The van der Waals surface area contributed by atoms with Crippen molar-refractivity contribution < 1.29 is 14.4 Å². The van der Waals surface area contributed by atoms with Crippen LogP contribution in [0, 0.1) is 0 Å². The summed E-state index contributed by atoms with van der Waals surface area (Å²) in [7, 11) is 0. The Kier molecular flexibility index (Phi) is 3.41. The Hall–Kier alpha value is -2.30. The molecule has 0 unspecified atom stereocenters. The molecule has 5 nitrogen and oxygen atoms in total. The summed E-state index contributed by atoms with van der Waals surface area (Å²) in [5.74, 6) is -0.477. The van der Waals surface area contributed by atoms with Crippen LogP contribution in [0.15, 0.2) is 34.9 Å². The molecule has 0 amide bonds. The van der Waals surface area contributed by atoms with Gasteiger partial charge in [0.05, 0.1) is 6.54 Å². The van der Waals surface area contributed by atoms with Crippen molar-refractivity contribution >= 4 is 11.7 Å². The Morgan fingerprint density at radius 3 is 3.00 bits per heavy atom. The number of aromatic carboxylic acids is 1. The summed E-state index contributed by atoms with van der Waals surface area (Å²) in [5.41, 5.74) is 2.50. The summed E-state index contributed by atoms with van der Waals surface area (Å²) < 4.78 is 5.11. The second kappa shape index (κ2) is 5.36. The highest BCUT2D eigenvalue weighted by molar-refractivity contribution is 5.85. The van der Waals surface area contributed by atoms with Gasteiger partial charge in [-0.15, -0.1) is 0 Å². The fourth-order valence-electron chi connectivity index (χ4n) is 2.61. The van der Waals surface area contributed by atoms with E-state index in [0.717, 1.165) is 19.4 Å². The Morgan fingerprint density at radius 2 is 2.20 bits per heavy atom. The molecule has 0 saturated carbocycles. The van der Waals surface area contributed by atoms with E-state index in [1.54, 1.807) is 0 Å². The minimum absolute atomic E-state index is 0.0388. The molecule has 0 bridgehead atoms. The lowest BCUT2D eigenvalue weighted by Crippen LogP contribution is -2.23. The van der Waals surface area contributed by atoms with Gasteiger partial charge in [-0.2, -0.15) is 0 Å². The van der Waals surface area contributed by atoms with Crippen molar-refractivity contribution in [3.05, 3.63) is 47.3 Å². The van der Waals surface area contributed by atoms with E-state index in [9.17, 15) is 4.79 Å². The second-order valence-electron chi connectivity index (χ2n) is 4.99. The van der Waals surface area contributed by atoms with Crippen LogP contribution < -0.4 is 4.90 Å². The number of carboxylic acid groups (broad SMARTS) is 1. The van der Waals surface area contributed by atoms with Crippen molar-refractivity contribution in [3.63, 3.8) is 0 Å². The standard InChI is InChI=1S/C15H16N2O3/c18-15(19)13-9-12(20-16-13)10-17-8-4-3-6-11-5-1-2-7-14(11)17/h1-2,5,7,9H,3-4,6,8,10H2,(H,18,19). The first-order chi connectivity index (χ1) is 9.74. The number of benzene rings is 1. The second-order valence-corrected chi connectivity index (χ2v) is 4.99. The zero-order valence-electron chi connectivity index (χ0n) is 11.1. The molecule has 2 heterocycles. The topological polar surface area (TPSA) is 66.6 Å². The van der Waals surface area contributed by atoms with Crippen LogP contribution in [-0.4, -0.2) is 22.8 Å². The molecule has 0 radical (unpaired) electrons. The van der Waals surface area contributed by atoms with E-state index in [1.807, 2.05) is 6.07 Å². The van der Waals surface area contributed by atoms with E-state index in [0.29, 0.717) is 12.3 Å². The Labute approximate surface area is 116 Å². The van der Waals surface area contributed by atoms with Gasteiger partial charge in [-0.3, -0.25) is 0 Å². The molecule has 0 aliphatic carbocycles. The van der Waals surface area contributed by atoms with Crippen LogP contribution in [0.4, 0.5) is 5.69 Å². The number of nitrogens with zero attached hydrogens (tertiary/aromatic N) is 2. The van der Waals surface area contributed by atoms with Crippen LogP contribution in [0.1, 0.15) is 34.7 Å². The first-order valence-electron chi connectivity index (χ1n) is 6.76. The first-order valence-corrected chi connectivity index (χ1v) is 6.76. The summed E-state index contributed by atoms with van der Waals surface area (Å²) in [6.45, 7) is 1.50. The number of carbonyl (C=O) groups is 1. The summed E-state index contributed by atoms with van der Waals surface area (Å²) in [6.07, 6.45) is 3.38. The van der Waals surface area contributed by atoms with Crippen molar-refractivity contribution in [2.24, 2.45) is 0 Å². The van der Waals surface area contributed by atoms with Gasteiger partial charge < -0.3 is 14.5 Å². The molecule has 1 aromatic heterocycles. The lowest BCUT2D eigenvalue weighted by molar-refractivity contribution is 0.0685. The average molecular weight is 272 g/mol. The molecule has 2 aromatic rings. The summed E-state index contributed by atoms with van der Waals surface area (Å²) in [6, 6.07) is 9.83. The number of anilines is 1. The number of rotatable bonds is 3. The fourth-order valence-corrected chi connectivity index (χ4v) is 2.61. The highest BCUT2D eigenvalue weighted by Crippen LogP contribution is 2.27. The number of aryl methyl sites for hydroxylation is 1. The molecular formula is C15H16N2O3. The first kappa shape index (κ1) is 12.7. The molecule has 1 aliphatic heterocycles. The third kappa shape index (κ3) is 2.52. The maximum atomic E-state index is 10.8. The summed E-state index contributed by atoms with van der Waals surface area (Å²) in [5, 5.41) is 12.4. The van der Waals surface area contributed by atoms with Crippen LogP contribution in [0.2, 0.25) is 0 Å². The Morgan fingerprint density at radius 1 is 1.35 bits per heavy atom. The molecule has 1 N–H and O–H groups in total. The number of fused-ring (bicyclic) bond motifs is 1. The zero-order valence-corrected chi connectivity index (χ0v) is 11.1. The molecule has 104 valence electrons. The van der Waals surface area contributed by atoms with Gasteiger partial charge in [0.15, 0.2) is 11.5 Å². The molecule has 0 fully saturated rings. The Bertz CT molecular complexity index is 621. The number of para-hydroxylation sites is 1. The van der Waals surface area contributed by atoms with Crippen LogP contribution in [0.3, 0.4) is 0 Å². The quantitative estimate of drug-likeness (QED) is 0.930. The van der Waals surface area contributed by atoms with Crippen LogP contribution in [0.25, 0.3) is 0 Å². The molecule has 1 aliphatic rings. The molecule has 20 heavy (non-hydrogen) atoms. The van der Waals surface area contributed by atoms with E-state index >= 15 is 0 Å². The molecule has 1 aromatic carbocycles. The average Bonchev–Trinajstić information content (AvgIpc) is 2.82. The Balaban J connectivity index is 1.84. The normalized spacial score (nSPS) is 14.7. The van der Waals surface area contributed by atoms with Crippen molar-refractivity contribution in [2.45, 2.75) is 25.8 Å². The molecular weight excluding hydrogens is 256 g/mol. The van der Waals surface area contributed by atoms with Crippen molar-refractivity contribution in [1.29, 1.82) is 0 Å². The minimum Gasteiger partial charge on any atom is -0.476 e. The SMILES string of the molecule is O=C(O)c1cc(CN2CCCCc3ccccc32)on1. The third-order valence-corrected chi connectivity index (χ3v) is 3.58. The lowest BCUT2D eigenvalue weighted by atomic mass is 10.1. The zero-order chi connectivity index (χ0) is 13.9. The van der Waals surface area contributed by atoms with Crippen molar-refractivity contribution in [1.82, 2.24) is 5.16 Å². The fraction of sp³-hybridized carbons (Fsp3) is 0.333. The molecule has 3 rings (SSSR count). The van der Waals surface area contributed by atoms with E-state index < -0.39 is 5.97 Å². The largest absolute Gasteiger partial charge is 0.476 e. The van der Waals surface area contributed by atoms with Gasteiger partial charge in [0.25, 0.3) is 0 Å². The van der Waals surface area contributed by atoms with Crippen LogP contribution in [-0.2, 0) is 13.0 Å². The summed E-state index contributed by atoms with van der Waals surface area (Å²) >= 11 is 0. The monoisotopic (exact) mass is 272 g/mol. The van der Waals surface area contributed by atoms with E-state index in [2.05, 4.69) is 28.3 Å². The van der Waals surface area contributed by atoms with E-state index in [1.165, 1.54) is 23.7 Å². The molecule has 0 atom stereocenters.